The maximum absolute atomic E-state index is 12.6. The molecule has 0 aliphatic carbocycles. The fourth-order valence-corrected chi connectivity index (χ4v) is 2.77. The standard InChI is InChI=1S/C19H10F3N3O4/c20-19(21,22)11-7-5-10(6-8-11)15-23-9-14(24-15)18(28)29-25-16(26)12-3-1-2-4-13(12)17(25)27/h1-9H,(H,23,24). The number of carbonyl (C=O) groups excluding carboxylic acids is 3. The van der Waals surface area contributed by atoms with E-state index < -0.39 is 29.5 Å². The number of hydroxylamine groups is 2. The maximum atomic E-state index is 12.6. The lowest BCUT2D eigenvalue weighted by molar-refractivity contribution is -0.137. The average molecular weight is 401 g/mol. The Morgan fingerprint density at radius 2 is 1.55 bits per heavy atom. The van der Waals surface area contributed by atoms with Gasteiger partial charge < -0.3 is 9.82 Å². The third kappa shape index (κ3) is 3.24. The van der Waals surface area contributed by atoms with Gasteiger partial charge in [-0.1, -0.05) is 29.3 Å². The minimum Gasteiger partial charge on any atom is -0.332 e. The van der Waals surface area contributed by atoms with E-state index in [1.807, 2.05) is 0 Å². The van der Waals surface area contributed by atoms with Gasteiger partial charge in [0.05, 0.1) is 22.9 Å². The van der Waals surface area contributed by atoms with E-state index in [0.717, 1.165) is 18.3 Å². The molecule has 1 N–H and O–H groups in total. The fraction of sp³-hybridized carbons (Fsp3) is 0.0526. The number of amides is 2. The molecule has 1 aliphatic rings. The van der Waals surface area contributed by atoms with Crippen LogP contribution in [0.25, 0.3) is 11.4 Å². The SMILES string of the molecule is O=C(ON1C(=O)c2ccccc2C1=O)c1cnc(-c2ccc(C(F)(F)F)cc2)[nH]1. The first-order chi connectivity index (χ1) is 13.8. The number of aromatic amines is 1. The summed E-state index contributed by atoms with van der Waals surface area (Å²) in [5.74, 6) is -2.49. The van der Waals surface area contributed by atoms with Gasteiger partial charge in [0, 0.05) is 5.56 Å². The van der Waals surface area contributed by atoms with Crippen molar-refractivity contribution in [2.45, 2.75) is 6.18 Å². The molecule has 0 atom stereocenters. The molecular weight excluding hydrogens is 391 g/mol. The lowest BCUT2D eigenvalue weighted by atomic mass is 10.1. The van der Waals surface area contributed by atoms with Crippen LogP contribution in [0.5, 0.6) is 0 Å². The summed E-state index contributed by atoms with van der Waals surface area (Å²) in [5.41, 5.74) is -0.479. The van der Waals surface area contributed by atoms with E-state index in [-0.39, 0.29) is 22.6 Å². The van der Waals surface area contributed by atoms with E-state index in [9.17, 15) is 27.6 Å². The van der Waals surface area contributed by atoms with Gasteiger partial charge >= 0.3 is 12.1 Å². The van der Waals surface area contributed by atoms with Crippen LogP contribution in [0.15, 0.2) is 54.7 Å². The summed E-state index contributed by atoms with van der Waals surface area (Å²) in [4.78, 5) is 48.1. The summed E-state index contributed by atoms with van der Waals surface area (Å²) in [6.07, 6.45) is -3.38. The van der Waals surface area contributed by atoms with Crippen molar-refractivity contribution in [3.63, 3.8) is 0 Å². The van der Waals surface area contributed by atoms with Crippen molar-refractivity contribution in [2.24, 2.45) is 0 Å². The summed E-state index contributed by atoms with van der Waals surface area (Å²) >= 11 is 0. The summed E-state index contributed by atoms with van der Waals surface area (Å²) in [6.45, 7) is 0. The van der Waals surface area contributed by atoms with Crippen LogP contribution in [-0.2, 0) is 11.0 Å². The van der Waals surface area contributed by atoms with Crippen LogP contribution in [0.1, 0.15) is 36.8 Å². The van der Waals surface area contributed by atoms with Crippen molar-refractivity contribution in [1.29, 1.82) is 0 Å². The number of imidazole rings is 1. The van der Waals surface area contributed by atoms with Crippen molar-refractivity contribution in [3.05, 3.63) is 77.1 Å². The maximum Gasteiger partial charge on any atom is 0.416 e. The van der Waals surface area contributed by atoms with E-state index in [1.54, 1.807) is 12.1 Å². The Morgan fingerprint density at radius 1 is 0.966 bits per heavy atom. The van der Waals surface area contributed by atoms with Crippen molar-refractivity contribution in [1.82, 2.24) is 15.0 Å². The highest BCUT2D eigenvalue weighted by atomic mass is 19.4. The van der Waals surface area contributed by atoms with Crippen LogP contribution in [0.3, 0.4) is 0 Å². The number of nitrogens with zero attached hydrogens (tertiary/aromatic N) is 2. The number of imide groups is 1. The normalized spacial score (nSPS) is 13.6. The highest BCUT2D eigenvalue weighted by Gasteiger charge is 2.39. The highest BCUT2D eigenvalue weighted by Crippen LogP contribution is 2.30. The Balaban J connectivity index is 1.51. The van der Waals surface area contributed by atoms with Gasteiger partial charge in [0.25, 0.3) is 11.8 Å². The van der Waals surface area contributed by atoms with E-state index >= 15 is 0 Å². The number of aromatic nitrogens is 2. The van der Waals surface area contributed by atoms with Gasteiger partial charge in [0.2, 0.25) is 0 Å². The van der Waals surface area contributed by atoms with Gasteiger partial charge in [-0.15, -0.1) is 0 Å². The van der Waals surface area contributed by atoms with E-state index in [0.29, 0.717) is 10.6 Å². The average Bonchev–Trinajstić information content (AvgIpc) is 3.28. The number of hydrogen-bond donors (Lipinski definition) is 1. The second kappa shape index (κ2) is 6.59. The quantitative estimate of drug-likeness (QED) is 0.679. The Labute approximate surface area is 160 Å². The number of rotatable bonds is 3. The third-order valence-corrected chi connectivity index (χ3v) is 4.21. The monoisotopic (exact) mass is 401 g/mol. The first-order valence-corrected chi connectivity index (χ1v) is 8.18. The zero-order valence-corrected chi connectivity index (χ0v) is 14.4. The molecule has 0 spiro atoms. The molecule has 146 valence electrons. The molecule has 2 heterocycles. The van der Waals surface area contributed by atoms with E-state index in [1.165, 1.54) is 24.3 Å². The predicted octanol–water partition coefficient (Wildman–Crippen LogP) is 3.46. The lowest BCUT2D eigenvalue weighted by Crippen LogP contribution is -2.32. The Bertz CT molecular complexity index is 1100. The number of halogens is 3. The van der Waals surface area contributed by atoms with Crippen molar-refractivity contribution in [2.75, 3.05) is 0 Å². The lowest BCUT2D eigenvalue weighted by Gasteiger charge is -2.11. The van der Waals surface area contributed by atoms with Gasteiger partial charge in [-0.25, -0.2) is 9.78 Å². The molecule has 0 saturated heterocycles. The molecule has 0 saturated carbocycles. The molecule has 0 bridgehead atoms. The second-order valence-corrected chi connectivity index (χ2v) is 6.05. The zero-order chi connectivity index (χ0) is 20.8. The molecule has 0 unspecified atom stereocenters. The smallest absolute Gasteiger partial charge is 0.332 e. The molecule has 0 fully saturated rings. The molecular formula is C19H10F3N3O4. The van der Waals surface area contributed by atoms with Crippen LogP contribution >= 0.6 is 0 Å². The van der Waals surface area contributed by atoms with E-state index in [2.05, 4.69) is 9.97 Å². The minimum atomic E-state index is -4.47. The molecule has 2 aromatic carbocycles. The van der Waals surface area contributed by atoms with Gasteiger partial charge in [-0.2, -0.15) is 13.2 Å². The number of H-pyrrole nitrogens is 1. The summed E-state index contributed by atoms with van der Waals surface area (Å²) in [5, 5.41) is 0.353. The van der Waals surface area contributed by atoms with Gasteiger partial charge in [0.15, 0.2) is 0 Å². The molecule has 7 nitrogen and oxygen atoms in total. The first-order valence-electron chi connectivity index (χ1n) is 8.18. The number of hydrogen-bond acceptors (Lipinski definition) is 5. The third-order valence-electron chi connectivity index (χ3n) is 4.21. The fourth-order valence-electron chi connectivity index (χ4n) is 2.77. The molecule has 3 aromatic rings. The van der Waals surface area contributed by atoms with Crippen LogP contribution in [0.2, 0.25) is 0 Å². The van der Waals surface area contributed by atoms with Crippen molar-refractivity contribution < 1.29 is 32.4 Å². The number of alkyl halides is 3. The minimum absolute atomic E-state index is 0.111. The van der Waals surface area contributed by atoms with Gasteiger partial charge in [-0.3, -0.25) is 9.59 Å². The molecule has 0 radical (unpaired) electrons. The number of nitrogens with one attached hydrogen (secondary N) is 1. The molecule has 4 rings (SSSR count). The Hall–Kier alpha value is -3.95. The molecule has 10 heteroatoms. The zero-order valence-electron chi connectivity index (χ0n) is 14.4. The largest absolute Gasteiger partial charge is 0.416 e. The van der Waals surface area contributed by atoms with Crippen molar-refractivity contribution in [3.8, 4) is 11.4 Å². The second-order valence-electron chi connectivity index (χ2n) is 6.05. The number of carbonyl (C=O) groups is 3. The van der Waals surface area contributed by atoms with Crippen LogP contribution in [-0.4, -0.2) is 32.8 Å². The Morgan fingerprint density at radius 3 is 2.10 bits per heavy atom. The van der Waals surface area contributed by atoms with Gasteiger partial charge in [-0.05, 0) is 24.3 Å². The van der Waals surface area contributed by atoms with Crippen LogP contribution in [0, 0.1) is 0 Å². The van der Waals surface area contributed by atoms with E-state index in [4.69, 9.17) is 4.84 Å². The molecule has 1 aliphatic heterocycles. The van der Waals surface area contributed by atoms with Crippen molar-refractivity contribution >= 4 is 17.8 Å². The predicted molar refractivity (Wildman–Crippen MR) is 91.4 cm³/mol. The summed E-state index contributed by atoms with van der Waals surface area (Å²) in [6, 6.07) is 10.2. The topological polar surface area (TPSA) is 92.4 Å². The first kappa shape index (κ1) is 18.4. The molecule has 2 amide bonds. The van der Waals surface area contributed by atoms with Crippen LogP contribution < -0.4 is 0 Å². The van der Waals surface area contributed by atoms with Gasteiger partial charge in [0.1, 0.15) is 11.5 Å². The molecule has 29 heavy (non-hydrogen) atoms. The molecule has 1 aromatic heterocycles. The number of benzene rings is 2. The van der Waals surface area contributed by atoms with Crippen LogP contribution in [0.4, 0.5) is 13.2 Å². The summed E-state index contributed by atoms with van der Waals surface area (Å²) in [7, 11) is 0. The summed E-state index contributed by atoms with van der Waals surface area (Å²) < 4.78 is 37.9. The highest BCUT2D eigenvalue weighted by molar-refractivity contribution is 6.21. The number of fused-ring (bicyclic) bond motifs is 1. The Kier molecular flexibility index (Phi) is 4.18.